The zero-order valence-electron chi connectivity index (χ0n) is 25.1. The summed E-state index contributed by atoms with van der Waals surface area (Å²) in [5.74, 6) is 0.814. The molecule has 1 atom stereocenters. The number of nitrogens with one attached hydrogen (secondary N) is 2. The Balaban J connectivity index is 1.52. The Hall–Kier alpha value is -3.65. The number of anilines is 1. The number of imidazole rings is 1. The fourth-order valence-corrected chi connectivity index (χ4v) is 5.92. The van der Waals surface area contributed by atoms with E-state index in [1.165, 1.54) is 4.88 Å². The van der Waals surface area contributed by atoms with E-state index in [9.17, 15) is 9.59 Å². The SMILES string of the molecule is CCC(CC)n1c(Cc2cccs2)nc2cc(C(=O)NC(CC(C)C)C(=O)NCc3ccc(N(C)C)cc3)ccc21. The lowest BCUT2D eigenvalue weighted by Crippen LogP contribution is -2.47. The van der Waals surface area contributed by atoms with Gasteiger partial charge in [-0.15, -0.1) is 11.3 Å². The van der Waals surface area contributed by atoms with Crippen molar-refractivity contribution in [2.75, 3.05) is 19.0 Å². The van der Waals surface area contributed by atoms with Gasteiger partial charge in [0, 0.05) is 49.2 Å². The highest BCUT2D eigenvalue weighted by Gasteiger charge is 2.24. The minimum atomic E-state index is -0.629. The molecule has 4 aromatic rings. The molecule has 7 nitrogen and oxygen atoms in total. The summed E-state index contributed by atoms with van der Waals surface area (Å²) in [4.78, 5) is 34.9. The maximum atomic E-state index is 13.4. The van der Waals surface area contributed by atoms with E-state index in [4.69, 9.17) is 4.98 Å². The van der Waals surface area contributed by atoms with Crippen LogP contribution in [0.1, 0.15) is 79.6 Å². The second-order valence-electron chi connectivity index (χ2n) is 11.3. The minimum Gasteiger partial charge on any atom is -0.378 e. The Labute approximate surface area is 248 Å². The van der Waals surface area contributed by atoms with Crippen molar-refractivity contribution in [3.63, 3.8) is 0 Å². The van der Waals surface area contributed by atoms with Crippen LogP contribution in [0, 0.1) is 5.92 Å². The average Bonchev–Trinajstić information content (AvgIpc) is 3.59. The molecule has 0 bridgehead atoms. The summed E-state index contributed by atoms with van der Waals surface area (Å²) in [6.07, 6.45) is 3.33. The molecule has 0 aliphatic rings. The van der Waals surface area contributed by atoms with Gasteiger partial charge in [-0.2, -0.15) is 0 Å². The zero-order chi connectivity index (χ0) is 29.5. The van der Waals surface area contributed by atoms with Gasteiger partial charge >= 0.3 is 0 Å². The van der Waals surface area contributed by atoms with Crippen LogP contribution in [0.2, 0.25) is 0 Å². The number of rotatable bonds is 13. The van der Waals surface area contributed by atoms with Crippen LogP contribution in [-0.2, 0) is 17.8 Å². The van der Waals surface area contributed by atoms with Gasteiger partial charge in [0.1, 0.15) is 11.9 Å². The fourth-order valence-electron chi connectivity index (χ4n) is 5.21. The topological polar surface area (TPSA) is 79.3 Å². The monoisotopic (exact) mass is 573 g/mol. The van der Waals surface area contributed by atoms with E-state index < -0.39 is 6.04 Å². The van der Waals surface area contributed by atoms with Gasteiger partial charge in [0.05, 0.1) is 11.0 Å². The van der Waals surface area contributed by atoms with Gasteiger partial charge in [-0.05, 0) is 72.5 Å². The fraction of sp³-hybridized carbons (Fsp3) is 0.424. The molecule has 0 spiro atoms. The number of fused-ring (bicyclic) bond motifs is 1. The molecule has 4 rings (SSSR count). The standard InChI is InChI=1S/C33H43N5O2S/c1-7-25(8-2)38-30-16-13-24(19-28(30)35-31(38)20-27-10-9-17-41-27)32(39)36-29(18-22(3)4)33(40)34-21-23-11-14-26(15-12-23)37(5)6/h9-17,19,22,25,29H,7-8,18,20-21H2,1-6H3,(H,34,40)(H,36,39). The first-order valence-electron chi connectivity index (χ1n) is 14.6. The van der Waals surface area contributed by atoms with Crippen molar-refractivity contribution in [1.82, 2.24) is 20.2 Å². The van der Waals surface area contributed by atoms with Crippen molar-refractivity contribution >= 4 is 39.9 Å². The van der Waals surface area contributed by atoms with E-state index >= 15 is 0 Å². The van der Waals surface area contributed by atoms with Crippen molar-refractivity contribution in [1.29, 1.82) is 0 Å². The number of hydrogen-bond acceptors (Lipinski definition) is 5. The van der Waals surface area contributed by atoms with Gasteiger partial charge in [-0.25, -0.2) is 4.98 Å². The predicted octanol–water partition coefficient (Wildman–Crippen LogP) is 6.58. The Bertz CT molecular complexity index is 1440. The number of aromatic nitrogens is 2. The molecule has 0 fully saturated rings. The van der Waals surface area contributed by atoms with E-state index in [1.54, 1.807) is 11.3 Å². The van der Waals surface area contributed by atoms with Crippen LogP contribution in [0.3, 0.4) is 0 Å². The molecular weight excluding hydrogens is 530 g/mol. The maximum Gasteiger partial charge on any atom is 0.252 e. The van der Waals surface area contributed by atoms with E-state index in [0.717, 1.165) is 47.4 Å². The molecule has 1 unspecified atom stereocenters. The average molecular weight is 574 g/mol. The molecule has 41 heavy (non-hydrogen) atoms. The van der Waals surface area contributed by atoms with Crippen LogP contribution in [0.15, 0.2) is 60.0 Å². The number of amides is 2. The molecule has 2 aromatic carbocycles. The highest BCUT2D eigenvalue weighted by Crippen LogP contribution is 2.28. The summed E-state index contributed by atoms with van der Waals surface area (Å²) < 4.78 is 2.34. The number of thiophene rings is 1. The normalized spacial score (nSPS) is 12.2. The first kappa shape index (κ1) is 30.3. The number of carbonyl (C=O) groups is 2. The first-order chi connectivity index (χ1) is 19.7. The Kier molecular flexibility index (Phi) is 10.2. The summed E-state index contributed by atoms with van der Waals surface area (Å²) in [5, 5.41) is 8.11. The lowest BCUT2D eigenvalue weighted by Gasteiger charge is -2.21. The quantitative estimate of drug-likeness (QED) is 0.189. The van der Waals surface area contributed by atoms with Gasteiger partial charge in [0.2, 0.25) is 5.91 Å². The van der Waals surface area contributed by atoms with Gasteiger partial charge < -0.3 is 20.1 Å². The molecule has 0 aliphatic heterocycles. The third-order valence-electron chi connectivity index (χ3n) is 7.49. The van der Waals surface area contributed by atoms with Gasteiger partial charge in [-0.1, -0.05) is 45.9 Å². The molecule has 0 aliphatic carbocycles. The second kappa shape index (κ2) is 13.8. The highest BCUT2D eigenvalue weighted by atomic mass is 32.1. The third-order valence-corrected chi connectivity index (χ3v) is 8.37. The summed E-state index contributed by atoms with van der Waals surface area (Å²) >= 11 is 1.73. The van der Waals surface area contributed by atoms with E-state index in [0.29, 0.717) is 24.6 Å². The zero-order valence-corrected chi connectivity index (χ0v) is 25.9. The molecule has 0 radical (unpaired) electrons. The van der Waals surface area contributed by atoms with Crippen molar-refractivity contribution in [3.8, 4) is 0 Å². The van der Waals surface area contributed by atoms with Crippen LogP contribution in [0.5, 0.6) is 0 Å². The number of hydrogen-bond donors (Lipinski definition) is 2. The lowest BCUT2D eigenvalue weighted by atomic mass is 10.0. The smallest absolute Gasteiger partial charge is 0.252 e. The van der Waals surface area contributed by atoms with Gasteiger partial charge in [0.15, 0.2) is 0 Å². The van der Waals surface area contributed by atoms with Crippen LogP contribution in [-0.4, -0.2) is 41.5 Å². The molecule has 218 valence electrons. The second-order valence-corrected chi connectivity index (χ2v) is 12.3. The molecule has 2 heterocycles. The maximum absolute atomic E-state index is 13.4. The van der Waals surface area contributed by atoms with Crippen LogP contribution >= 0.6 is 11.3 Å². The summed E-state index contributed by atoms with van der Waals surface area (Å²) in [5.41, 5.74) is 4.47. The minimum absolute atomic E-state index is 0.180. The van der Waals surface area contributed by atoms with Gasteiger partial charge in [0.25, 0.3) is 5.91 Å². The molecule has 0 saturated heterocycles. The molecule has 0 saturated carbocycles. The number of nitrogens with zero attached hydrogens (tertiary/aromatic N) is 3. The number of benzene rings is 2. The molecule has 8 heteroatoms. The van der Waals surface area contributed by atoms with Crippen molar-refractivity contribution in [3.05, 3.63) is 81.8 Å². The number of carbonyl (C=O) groups excluding carboxylic acids is 2. The van der Waals surface area contributed by atoms with Crippen molar-refractivity contribution in [2.45, 2.75) is 72.0 Å². The van der Waals surface area contributed by atoms with Crippen molar-refractivity contribution in [2.24, 2.45) is 5.92 Å². The van der Waals surface area contributed by atoms with Crippen LogP contribution in [0.4, 0.5) is 5.69 Å². The van der Waals surface area contributed by atoms with E-state index in [2.05, 4.69) is 60.4 Å². The predicted molar refractivity (Wildman–Crippen MR) is 170 cm³/mol. The lowest BCUT2D eigenvalue weighted by molar-refractivity contribution is -0.123. The van der Waals surface area contributed by atoms with Crippen LogP contribution in [0.25, 0.3) is 11.0 Å². The molecular formula is C33H43N5O2S. The molecule has 2 amide bonds. The van der Waals surface area contributed by atoms with E-state index in [-0.39, 0.29) is 17.7 Å². The Morgan fingerprint density at radius 2 is 1.76 bits per heavy atom. The highest BCUT2D eigenvalue weighted by molar-refractivity contribution is 7.09. The van der Waals surface area contributed by atoms with Crippen molar-refractivity contribution < 1.29 is 9.59 Å². The summed E-state index contributed by atoms with van der Waals surface area (Å²) in [7, 11) is 3.99. The summed E-state index contributed by atoms with van der Waals surface area (Å²) in [6, 6.07) is 17.7. The summed E-state index contributed by atoms with van der Waals surface area (Å²) in [6.45, 7) is 8.92. The van der Waals surface area contributed by atoms with Gasteiger partial charge in [-0.3, -0.25) is 9.59 Å². The molecule has 2 aromatic heterocycles. The first-order valence-corrected chi connectivity index (χ1v) is 15.5. The Morgan fingerprint density at radius 1 is 1.02 bits per heavy atom. The van der Waals surface area contributed by atoms with E-state index in [1.807, 2.05) is 61.5 Å². The third kappa shape index (κ3) is 7.55. The van der Waals surface area contributed by atoms with Crippen LogP contribution < -0.4 is 15.5 Å². The largest absolute Gasteiger partial charge is 0.378 e. The molecule has 2 N–H and O–H groups in total. The Morgan fingerprint density at radius 3 is 2.37 bits per heavy atom.